The Morgan fingerprint density at radius 2 is 1.92 bits per heavy atom. The first-order chi connectivity index (χ1) is 11.8. The van der Waals surface area contributed by atoms with E-state index in [0.717, 1.165) is 6.07 Å². The summed E-state index contributed by atoms with van der Waals surface area (Å²) in [7, 11) is -2.74. The van der Waals surface area contributed by atoms with Crippen molar-refractivity contribution in [3.05, 3.63) is 53.1 Å². The van der Waals surface area contributed by atoms with E-state index in [2.05, 4.69) is 0 Å². The van der Waals surface area contributed by atoms with Gasteiger partial charge in [0.15, 0.2) is 0 Å². The summed E-state index contributed by atoms with van der Waals surface area (Å²) in [6.45, 7) is 0.0896. The standard InChI is InChI=1S/C16H16ClNO6S/c1-22-14-6-5-11(9-15(14)25(18,20)21)16(19)24-8-7-23-13-4-2-3-12(17)10-13/h2-6,9-10H,7-8H2,1H3,(H2,18,20,21). The van der Waals surface area contributed by atoms with E-state index in [1.807, 2.05) is 0 Å². The third-order valence-corrected chi connectivity index (χ3v) is 4.25. The van der Waals surface area contributed by atoms with Gasteiger partial charge in [-0.3, -0.25) is 0 Å². The fourth-order valence-electron chi connectivity index (χ4n) is 1.96. The number of sulfonamides is 1. The minimum atomic E-state index is -4.04. The van der Waals surface area contributed by atoms with Crippen molar-refractivity contribution in [2.45, 2.75) is 4.90 Å². The lowest BCUT2D eigenvalue weighted by Gasteiger charge is -2.10. The van der Waals surface area contributed by atoms with Crippen LogP contribution in [-0.2, 0) is 14.8 Å². The van der Waals surface area contributed by atoms with Crippen molar-refractivity contribution in [3.8, 4) is 11.5 Å². The van der Waals surface area contributed by atoms with Crippen LogP contribution in [0, 0.1) is 0 Å². The molecule has 0 saturated heterocycles. The average Bonchev–Trinajstić information content (AvgIpc) is 2.57. The molecule has 0 aliphatic rings. The van der Waals surface area contributed by atoms with Crippen LogP contribution in [0.3, 0.4) is 0 Å². The number of primary sulfonamides is 1. The van der Waals surface area contributed by atoms with E-state index in [4.69, 9.17) is 31.0 Å². The number of benzene rings is 2. The maximum Gasteiger partial charge on any atom is 0.338 e. The van der Waals surface area contributed by atoms with Crippen LogP contribution in [-0.4, -0.2) is 34.7 Å². The summed E-state index contributed by atoms with van der Waals surface area (Å²) in [5.74, 6) is -0.116. The van der Waals surface area contributed by atoms with Crippen molar-refractivity contribution in [3.63, 3.8) is 0 Å². The Hall–Kier alpha value is -2.29. The van der Waals surface area contributed by atoms with Gasteiger partial charge in [0.05, 0.1) is 12.7 Å². The Morgan fingerprint density at radius 3 is 2.56 bits per heavy atom. The van der Waals surface area contributed by atoms with Crippen LogP contribution in [0.4, 0.5) is 0 Å². The lowest BCUT2D eigenvalue weighted by molar-refractivity contribution is 0.0450. The first-order valence-electron chi connectivity index (χ1n) is 7.07. The Bertz CT molecular complexity index is 869. The third kappa shape index (κ3) is 5.35. The van der Waals surface area contributed by atoms with E-state index >= 15 is 0 Å². The molecule has 2 aromatic carbocycles. The van der Waals surface area contributed by atoms with Crippen LogP contribution in [0.15, 0.2) is 47.4 Å². The number of esters is 1. The number of methoxy groups -OCH3 is 1. The van der Waals surface area contributed by atoms with Gasteiger partial charge in [-0.2, -0.15) is 0 Å². The van der Waals surface area contributed by atoms with Gasteiger partial charge in [-0.25, -0.2) is 18.4 Å². The summed E-state index contributed by atoms with van der Waals surface area (Å²) < 4.78 is 38.5. The number of hydrogen-bond acceptors (Lipinski definition) is 6. The summed E-state index contributed by atoms with van der Waals surface area (Å²) in [5, 5.41) is 5.64. The number of carbonyl (C=O) groups is 1. The lowest BCUT2D eigenvalue weighted by Crippen LogP contribution is -2.16. The molecule has 134 valence electrons. The van der Waals surface area contributed by atoms with Crippen LogP contribution < -0.4 is 14.6 Å². The molecule has 25 heavy (non-hydrogen) atoms. The molecule has 0 fully saturated rings. The Labute approximate surface area is 150 Å². The quantitative estimate of drug-likeness (QED) is 0.578. The minimum Gasteiger partial charge on any atom is -0.495 e. The highest BCUT2D eigenvalue weighted by atomic mass is 35.5. The fourth-order valence-corrected chi connectivity index (χ4v) is 2.86. The van der Waals surface area contributed by atoms with Crippen LogP contribution in [0.5, 0.6) is 11.5 Å². The smallest absolute Gasteiger partial charge is 0.338 e. The normalized spacial score (nSPS) is 11.0. The maximum absolute atomic E-state index is 12.0. The van der Waals surface area contributed by atoms with Crippen LogP contribution in [0.1, 0.15) is 10.4 Å². The molecule has 0 unspecified atom stereocenters. The third-order valence-electron chi connectivity index (χ3n) is 3.09. The first kappa shape index (κ1) is 19.0. The predicted molar refractivity (Wildman–Crippen MR) is 91.6 cm³/mol. The van der Waals surface area contributed by atoms with E-state index in [9.17, 15) is 13.2 Å². The number of ether oxygens (including phenoxy) is 3. The zero-order valence-electron chi connectivity index (χ0n) is 13.3. The molecule has 0 aliphatic heterocycles. The van der Waals surface area contributed by atoms with Gasteiger partial charge in [-0.05, 0) is 36.4 Å². The van der Waals surface area contributed by atoms with Gasteiger partial charge in [-0.15, -0.1) is 0 Å². The maximum atomic E-state index is 12.0. The fraction of sp³-hybridized carbons (Fsp3) is 0.188. The van der Waals surface area contributed by atoms with Gasteiger partial charge in [-0.1, -0.05) is 17.7 Å². The van der Waals surface area contributed by atoms with Gasteiger partial charge >= 0.3 is 5.97 Å². The monoisotopic (exact) mass is 385 g/mol. The van der Waals surface area contributed by atoms with Crippen LogP contribution in [0.25, 0.3) is 0 Å². The van der Waals surface area contributed by atoms with E-state index in [-0.39, 0.29) is 29.4 Å². The average molecular weight is 386 g/mol. The van der Waals surface area contributed by atoms with Gasteiger partial charge in [0.2, 0.25) is 10.0 Å². The molecule has 0 aromatic heterocycles. The van der Waals surface area contributed by atoms with Gasteiger partial charge in [0.1, 0.15) is 29.6 Å². The molecule has 7 nitrogen and oxygen atoms in total. The summed E-state index contributed by atoms with van der Waals surface area (Å²) in [6, 6.07) is 10.6. The minimum absolute atomic E-state index is 0.0257. The predicted octanol–water partition coefficient (Wildman–Crippen LogP) is 2.23. The highest BCUT2D eigenvalue weighted by Gasteiger charge is 2.18. The molecular formula is C16H16ClNO6S. The topological polar surface area (TPSA) is 105 Å². The van der Waals surface area contributed by atoms with E-state index in [1.54, 1.807) is 24.3 Å². The Balaban J connectivity index is 1.97. The van der Waals surface area contributed by atoms with Crippen molar-refractivity contribution in [2.75, 3.05) is 20.3 Å². The number of halogens is 1. The van der Waals surface area contributed by atoms with Crippen molar-refractivity contribution >= 4 is 27.6 Å². The lowest BCUT2D eigenvalue weighted by atomic mass is 10.2. The molecule has 0 heterocycles. The molecule has 0 bridgehead atoms. The highest BCUT2D eigenvalue weighted by molar-refractivity contribution is 7.89. The second kappa shape index (κ2) is 8.19. The van der Waals surface area contributed by atoms with Gasteiger partial charge < -0.3 is 14.2 Å². The van der Waals surface area contributed by atoms with Crippen molar-refractivity contribution in [1.82, 2.24) is 0 Å². The van der Waals surface area contributed by atoms with Crippen molar-refractivity contribution in [1.29, 1.82) is 0 Å². The van der Waals surface area contributed by atoms with Crippen LogP contribution in [0.2, 0.25) is 5.02 Å². The number of nitrogens with two attached hydrogens (primary N) is 1. The van der Waals surface area contributed by atoms with E-state index < -0.39 is 16.0 Å². The second-order valence-corrected chi connectivity index (χ2v) is 6.82. The second-order valence-electron chi connectivity index (χ2n) is 4.85. The molecular weight excluding hydrogens is 370 g/mol. The molecule has 0 saturated carbocycles. The van der Waals surface area contributed by atoms with Gasteiger partial charge in [0.25, 0.3) is 0 Å². The number of rotatable bonds is 7. The molecule has 0 radical (unpaired) electrons. The molecule has 2 rings (SSSR count). The van der Waals surface area contributed by atoms with E-state index in [1.165, 1.54) is 19.2 Å². The molecule has 2 N–H and O–H groups in total. The first-order valence-corrected chi connectivity index (χ1v) is 9.00. The van der Waals surface area contributed by atoms with Crippen LogP contribution >= 0.6 is 11.6 Å². The number of carbonyl (C=O) groups excluding carboxylic acids is 1. The van der Waals surface area contributed by atoms with E-state index in [0.29, 0.717) is 10.8 Å². The molecule has 2 aromatic rings. The summed E-state index contributed by atoms with van der Waals surface area (Å²) in [6.07, 6.45) is 0. The van der Waals surface area contributed by atoms with Crippen molar-refractivity contribution in [2.24, 2.45) is 5.14 Å². The molecule has 0 aliphatic carbocycles. The Kier molecular flexibility index (Phi) is 6.24. The summed E-state index contributed by atoms with van der Waals surface area (Å²) in [5.41, 5.74) is 0.0348. The number of hydrogen-bond donors (Lipinski definition) is 1. The molecule has 9 heteroatoms. The molecule has 0 spiro atoms. The Morgan fingerprint density at radius 1 is 1.16 bits per heavy atom. The molecule has 0 amide bonds. The summed E-state index contributed by atoms with van der Waals surface area (Å²) >= 11 is 5.83. The SMILES string of the molecule is COc1ccc(C(=O)OCCOc2cccc(Cl)c2)cc1S(N)(=O)=O. The van der Waals surface area contributed by atoms with Gasteiger partial charge in [0, 0.05) is 5.02 Å². The largest absolute Gasteiger partial charge is 0.495 e. The zero-order chi connectivity index (χ0) is 18.4. The van der Waals surface area contributed by atoms with Crippen molar-refractivity contribution < 1.29 is 27.4 Å². The highest BCUT2D eigenvalue weighted by Crippen LogP contribution is 2.24. The summed E-state index contributed by atoms with van der Waals surface area (Å²) in [4.78, 5) is 11.7. The zero-order valence-corrected chi connectivity index (χ0v) is 14.8. The molecule has 0 atom stereocenters.